The van der Waals surface area contributed by atoms with Crippen LogP contribution in [0.5, 0.6) is 0 Å². The van der Waals surface area contributed by atoms with Crippen molar-refractivity contribution in [3.05, 3.63) is 35.9 Å². The number of hydrogen-bond acceptors (Lipinski definition) is 4. The van der Waals surface area contributed by atoms with E-state index in [1.165, 1.54) is 5.56 Å². The van der Waals surface area contributed by atoms with Crippen LogP contribution in [0.25, 0.3) is 0 Å². The van der Waals surface area contributed by atoms with Crippen LogP contribution in [0.3, 0.4) is 0 Å². The Bertz CT molecular complexity index is 367. The van der Waals surface area contributed by atoms with E-state index in [0.29, 0.717) is 6.17 Å². The third kappa shape index (κ3) is 5.06. The summed E-state index contributed by atoms with van der Waals surface area (Å²) in [4.78, 5) is 5.04. The first kappa shape index (κ1) is 19.2. The maximum atomic E-state index is 5.48. The van der Waals surface area contributed by atoms with Gasteiger partial charge in [-0.15, -0.1) is 5.56 Å². The summed E-state index contributed by atoms with van der Waals surface area (Å²) < 4.78 is 11.0. The molecule has 0 aliphatic carbocycles. The summed E-state index contributed by atoms with van der Waals surface area (Å²) in [6.07, 6.45) is 0.349. The number of benzene rings is 1. The van der Waals surface area contributed by atoms with Crippen LogP contribution >= 0.6 is 0 Å². The van der Waals surface area contributed by atoms with Crippen molar-refractivity contribution in [1.82, 2.24) is 9.80 Å². The maximum absolute atomic E-state index is 5.48. The fourth-order valence-corrected chi connectivity index (χ4v) is 2.87. The van der Waals surface area contributed by atoms with Gasteiger partial charge in [0, 0.05) is 26.2 Å². The molecule has 0 spiro atoms. The van der Waals surface area contributed by atoms with E-state index in [2.05, 4.69) is 28.0 Å². The van der Waals surface area contributed by atoms with Crippen molar-refractivity contribution in [2.24, 2.45) is 0 Å². The van der Waals surface area contributed by atoms with Gasteiger partial charge in [0.2, 0.25) is 0 Å². The van der Waals surface area contributed by atoms with Gasteiger partial charge in [-0.1, -0.05) is 0 Å². The predicted octanol–water partition coefficient (Wildman–Crippen LogP) is -2.23. The molecule has 2 saturated heterocycles. The van der Waals surface area contributed by atoms with Crippen molar-refractivity contribution in [2.75, 3.05) is 52.6 Å². The quantitative estimate of drug-likeness (QED) is 0.465. The second kappa shape index (κ2) is 10.00. The smallest absolute Gasteiger partial charge is 1.00 e. The molecule has 3 rings (SSSR count). The van der Waals surface area contributed by atoms with Crippen molar-refractivity contribution in [3.8, 4) is 0 Å². The van der Waals surface area contributed by atoms with Crippen LogP contribution < -0.4 is 12.4 Å². The van der Waals surface area contributed by atoms with Gasteiger partial charge < -0.3 is 21.9 Å². The standard InChI is InChI=1S/C15H21N2O2.ClH.Mg/c1-2-4-14(5-3-1)15(16-6-10-18-11-7-16)17-8-12-19-13-9-17;;/h2-5,15H,6-13H2;1H;/q-1;;+2/p-1. The van der Waals surface area contributed by atoms with Crippen molar-refractivity contribution in [2.45, 2.75) is 6.17 Å². The van der Waals surface area contributed by atoms with Crippen LogP contribution in [-0.2, 0) is 9.47 Å². The Hall–Kier alpha value is 0.116. The van der Waals surface area contributed by atoms with E-state index in [9.17, 15) is 0 Å². The summed E-state index contributed by atoms with van der Waals surface area (Å²) >= 11 is 0. The summed E-state index contributed by atoms with van der Waals surface area (Å²) in [6.45, 7) is 7.34. The first-order valence-electron chi connectivity index (χ1n) is 7.05. The Morgan fingerprint density at radius 2 is 1.29 bits per heavy atom. The normalized spacial score (nSPS) is 20.6. The van der Waals surface area contributed by atoms with Gasteiger partial charge in [-0.25, -0.2) is 0 Å². The minimum absolute atomic E-state index is 0. The molecule has 2 fully saturated rings. The molecular formula is C15H21ClMgN2O2. The van der Waals surface area contributed by atoms with Gasteiger partial charge in [0.15, 0.2) is 0 Å². The molecule has 2 aliphatic heterocycles. The van der Waals surface area contributed by atoms with E-state index >= 15 is 0 Å². The number of halogens is 1. The maximum Gasteiger partial charge on any atom is 2.00 e. The van der Waals surface area contributed by atoms with Crippen LogP contribution in [0.2, 0.25) is 0 Å². The summed E-state index contributed by atoms with van der Waals surface area (Å²) in [5.74, 6) is 0. The molecule has 2 aliphatic rings. The molecule has 2 heterocycles. The molecule has 0 bridgehead atoms. The summed E-state index contributed by atoms with van der Waals surface area (Å²) in [5, 5.41) is 0. The van der Waals surface area contributed by atoms with Gasteiger partial charge in [-0.05, 0) is 0 Å². The monoisotopic (exact) mass is 320 g/mol. The topological polar surface area (TPSA) is 24.9 Å². The second-order valence-corrected chi connectivity index (χ2v) is 5.00. The first-order valence-corrected chi connectivity index (χ1v) is 7.05. The zero-order valence-electron chi connectivity index (χ0n) is 12.3. The van der Waals surface area contributed by atoms with Gasteiger partial charge >= 0.3 is 23.1 Å². The van der Waals surface area contributed by atoms with Crippen LogP contribution in [0.4, 0.5) is 0 Å². The molecule has 4 nitrogen and oxygen atoms in total. The first-order chi connectivity index (χ1) is 9.45. The Labute approximate surface area is 149 Å². The van der Waals surface area contributed by atoms with Gasteiger partial charge in [0.05, 0.1) is 32.6 Å². The molecule has 21 heavy (non-hydrogen) atoms. The van der Waals surface area contributed by atoms with Crippen molar-refractivity contribution in [1.29, 1.82) is 0 Å². The molecule has 1 aromatic rings. The summed E-state index contributed by atoms with van der Waals surface area (Å²) in [7, 11) is 0. The van der Waals surface area contributed by atoms with E-state index in [-0.39, 0.29) is 35.5 Å². The Morgan fingerprint density at radius 1 is 0.857 bits per heavy atom. The fraction of sp³-hybridized carbons (Fsp3) is 0.600. The molecule has 112 valence electrons. The summed E-state index contributed by atoms with van der Waals surface area (Å²) in [6, 6.07) is 11.5. The van der Waals surface area contributed by atoms with E-state index in [1.54, 1.807) is 0 Å². The minimum atomic E-state index is 0. The third-order valence-corrected chi connectivity index (χ3v) is 3.83. The number of nitrogens with zero attached hydrogens (tertiary/aromatic N) is 2. The zero-order valence-corrected chi connectivity index (χ0v) is 14.5. The van der Waals surface area contributed by atoms with E-state index < -0.39 is 0 Å². The number of morpholine rings is 2. The molecule has 0 atom stereocenters. The fourth-order valence-electron chi connectivity index (χ4n) is 2.87. The summed E-state index contributed by atoms with van der Waals surface area (Å²) in [5.41, 5.74) is 1.35. The molecule has 0 N–H and O–H groups in total. The largest absolute Gasteiger partial charge is 2.00 e. The van der Waals surface area contributed by atoms with Gasteiger partial charge in [0.25, 0.3) is 0 Å². The predicted molar refractivity (Wildman–Crippen MR) is 78.6 cm³/mol. The van der Waals surface area contributed by atoms with E-state index in [1.807, 2.05) is 12.1 Å². The van der Waals surface area contributed by atoms with Crippen LogP contribution in [-0.4, -0.2) is 85.5 Å². The molecule has 0 saturated carbocycles. The van der Waals surface area contributed by atoms with E-state index in [4.69, 9.17) is 9.47 Å². The molecule has 0 amide bonds. The minimum Gasteiger partial charge on any atom is -1.00 e. The van der Waals surface area contributed by atoms with Gasteiger partial charge in [0.1, 0.15) is 0 Å². The van der Waals surface area contributed by atoms with Gasteiger partial charge in [-0.3, -0.25) is 9.80 Å². The van der Waals surface area contributed by atoms with Crippen LogP contribution in [0, 0.1) is 6.07 Å². The molecular weight excluding hydrogens is 300 g/mol. The zero-order chi connectivity index (χ0) is 12.9. The second-order valence-electron chi connectivity index (χ2n) is 5.00. The van der Waals surface area contributed by atoms with Crippen molar-refractivity contribution >= 4 is 23.1 Å². The SMILES string of the molecule is [Cl-].[Mg+2].[c-]1ccc(C(N2CCOCC2)N2CCOCC2)cc1. The van der Waals surface area contributed by atoms with Crippen LogP contribution in [0.15, 0.2) is 24.3 Å². The van der Waals surface area contributed by atoms with Gasteiger partial charge in [-0.2, -0.15) is 30.3 Å². The van der Waals surface area contributed by atoms with Crippen molar-refractivity contribution < 1.29 is 21.9 Å². The molecule has 6 heteroatoms. The van der Waals surface area contributed by atoms with Crippen molar-refractivity contribution in [3.63, 3.8) is 0 Å². The molecule has 0 unspecified atom stereocenters. The Kier molecular flexibility index (Phi) is 9.12. The molecule has 0 aromatic heterocycles. The Balaban J connectivity index is 0.00000110. The number of hydrogen-bond donors (Lipinski definition) is 0. The number of ether oxygens (including phenoxy) is 2. The average Bonchev–Trinajstić information content (AvgIpc) is 2.51. The van der Waals surface area contributed by atoms with E-state index in [0.717, 1.165) is 52.6 Å². The van der Waals surface area contributed by atoms with Crippen LogP contribution in [0.1, 0.15) is 11.7 Å². The third-order valence-electron chi connectivity index (χ3n) is 3.83. The molecule has 1 aromatic carbocycles. The number of rotatable bonds is 3. The average molecular weight is 321 g/mol. The Morgan fingerprint density at radius 3 is 1.71 bits per heavy atom. The molecule has 0 radical (unpaired) electrons.